The van der Waals surface area contributed by atoms with E-state index in [1.54, 1.807) is 0 Å². The van der Waals surface area contributed by atoms with Crippen molar-refractivity contribution in [3.63, 3.8) is 0 Å². The molecule has 0 aromatic rings. The van der Waals surface area contributed by atoms with E-state index in [4.69, 9.17) is 0 Å². The topological polar surface area (TPSA) is 60.7 Å². The lowest BCUT2D eigenvalue weighted by molar-refractivity contribution is -0.210. The molecule has 0 spiro atoms. The van der Waals surface area contributed by atoms with Gasteiger partial charge in [0.15, 0.2) is 0 Å². The van der Waals surface area contributed by atoms with Gasteiger partial charge in [-0.3, -0.25) is 0 Å². The normalized spacial score (nSPS) is 49.4. The lowest BCUT2D eigenvalue weighted by Gasteiger charge is -2.62. The van der Waals surface area contributed by atoms with E-state index in [0.29, 0.717) is 41.9 Å². The Bertz CT molecular complexity index is 741. The number of hydrogen-bond acceptors (Lipinski definition) is 3. The van der Waals surface area contributed by atoms with Crippen LogP contribution in [0.5, 0.6) is 0 Å². The molecule has 3 heteroatoms. The van der Waals surface area contributed by atoms with Crippen molar-refractivity contribution in [3.8, 4) is 0 Å². The number of rotatable bonds is 4. The Kier molecular flexibility index (Phi) is 6.06. The van der Waals surface area contributed by atoms with Crippen LogP contribution in [0.2, 0.25) is 0 Å². The van der Waals surface area contributed by atoms with E-state index in [9.17, 15) is 15.3 Å². The summed E-state index contributed by atoms with van der Waals surface area (Å²) in [5.74, 6) is 3.37. The van der Waals surface area contributed by atoms with Gasteiger partial charge in [-0.05, 0) is 79.4 Å². The summed E-state index contributed by atoms with van der Waals surface area (Å²) < 4.78 is 0. The third-order valence-electron chi connectivity index (χ3n) is 10.7. The highest BCUT2D eigenvalue weighted by atomic mass is 16.3. The van der Waals surface area contributed by atoms with Crippen LogP contribution in [0.1, 0.15) is 86.5 Å². The molecule has 0 aromatic heterocycles. The van der Waals surface area contributed by atoms with Crippen LogP contribution in [0, 0.1) is 46.3 Å². The van der Waals surface area contributed by atoms with Crippen LogP contribution < -0.4 is 0 Å². The highest BCUT2D eigenvalue weighted by Crippen LogP contribution is 2.67. The van der Waals surface area contributed by atoms with E-state index in [-0.39, 0.29) is 10.8 Å². The second kappa shape index (κ2) is 7.99. The van der Waals surface area contributed by atoms with Crippen molar-refractivity contribution in [3.05, 3.63) is 23.8 Å². The Morgan fingerprint density at radius 3 is 2.32 bits per heavy atom. The Balaban J connectivity index is 1.61. The highest BCUT2D eigenvalue weighted by molar-refractivity contribution is 5.33. The zero-order chi connectivity index (χ0) is 22.8. The Morgan fingerprint density at radius 2 is 1.65 bits per heavy atom. The van der Waals surface area contributed by atoms with Gasteiger partial charge in [-0.15, -0.1) is 0 Å². The highest BCUT2D eigenvalue weighted by Gasteiger charge is 2.64. The van der Waals surface area contributed by atoms with Crippen LogP contribution in [0.4, 0.5) is 0 Å². The van der Waals surface area contributed by atoms with Gasteiger partial charge in [-0.25, -0.2) is 0 Å². The summed E-state index contributed by atoms with van der Waals surface area (Å²) in [7, 11) is 0. The molecule has 176 valence electrons. The Labute approximate surface area is 190 Å². The van der Waals surface area contributed by atoms with Gasteiger partial charge >= 0.3 is 0 Å². The average Bonchev–Trinajstić information content (AvgIpc) is 3.05. The minimum absolute atomic E-state index is 0.271. The fourth-order valence-electron chi connectivity index (χ4n) is 8.16. The molecule has 3 saturated carbocycles. The van der Waals surface area contributed by atoms with Crippen LogP contribution in [0.25, 0.3) is 0 Å². The summed E-state index contributed by atoms with van der Waals surface area (Å²) in [6, 6.07) is 0. The predicted molar refractivity (Wildman–Crippen MR) is 126 cm³/mol. The monoisotopic (exact) mass is 430 g/mol. The van der Waals surface area contributed by atoms with Gasteiger partial charge in [0.2, 0.25) is 0 Å². The largest absolute Gasteiger partial charge is 0.393 e. The summed E-state index contributed by atoms with van der Waals surface area (Å²) in [5.41, 5.74) is 0.160. The zero-order valence-electron chi connectivity index (χ0n) is 20.6. The molecular weight excluding hydrogens is 384 g/mol. The molecule has 0 aliphatic heterocycles. The summed E-state index contributed by atoms with van der Waals surface area (Å²) in [6.07, 6.45) is 12.1. The van der Waals surface area contributed by atoms with E-state index >= 15 is 0 Å². The number of hydrogen-bond donors (Lipinski definition) is 3. The van der Waals surface area contributed by atoms with Gasteiger partial charge in [-0.1, -0.05) is 65.3 Å². The summed E-state index contributed by atoms with van der Waals surface area (Å²) >= 11 is 0. The van der Waals surface area contributed by atoms with Crippen LogP contribution in [-0.4, -0.2) is 33.1 Å². The van der Waals surface area contributed by atoms with Crippen molar-refractivity contribution < 1.29 is 15.3 Å². The minimum atomic E-state index is -1.20. The number of aliphatic hydroxyl groups excluding tert-OH is 2. The maximum absolute atomic E-state index is 11.6. The average molecular weight is 431 g/mol. The molecule has 3 N–H and O–H groups in total. The molecule has 0 amide bonds. The van der Waals surface area contributed by atoms with Crippen molar-refractivity contribution >= 4 is 0 Å². The van der Waals surface area contributed by atoms with Gasteiger partial charge in [0, 0.05) is 11.8 Å². The molecule has 0 heterocycles. The lowest BCUT2D eigenvalue weighted by Crippen LogP contribution is -2.65. The summed E-state index contributed by atoms with van der Waals surface area (Å²) in [5, 5.41) is 32.9. The summed E-state index contributed by atoms with van der Waals surface area (Å²) in [4.78, 5) is 0. The van der Waals surface area contributed by atoms with Gasteiger partial charge in [-0.2, -0.15) is 0 Å². The van der Waals surface area contributed by atoms with E-state index < -0.39 is 17.8 Å². The molecule has 0 saturated heterocycles. The predicted octanol–water partition coefficient (Wildman–Crippen LogP) is 5.50. The lowest BCUT2D eigenvalue weighted by atomic mass is 9.45. The molecule has 0 unspecified atom stereocenters. The third kappa shape index (κ3) is 3.49. The Morgan fingerprint density at radius 1 is 0.935 bits per heavy atom. The smallest absolute Gasteiger partial charge is 0.102 e. The summed E-state index contributed by atoms with van der Waals surface area (Å²) in [6.45, 7) is 14.0. The Hall–Kier alpha value is -0.640. The van der Waals surface area contributed by atoms with E-state index in [1.165, 1.54) is 24.8 Å². The molecule has 0 radical (unpaired) electrons. The van der Waals surface area contributed by atoms with Crippen molar-refractivity contribution in [2.24, 2.45) is 46.3 Å². The molecule has 4 aliphatic rings. The molecule has 0 aromatic carbocycles. The van der Waals surface area contributed by atoms with E-state index in [1.807, 2.05) is 6.08 Å². The van der Waals surface area contributed by atoms with Crippen LogP contribution >= 0.6 is 0 Å². The maximum Gasteiger partial charge on any atom is 0.102 e. The van der Waals surface area contributed by atoms with Crippen LogP contribution in [-0.2, 0) is 0 Å². The zero-order valence-corrected chi connectivity index (χ0v) is 20.6. The van der Waals surface area contributed by atoms with Gasteiger partial charge in [0.25, 0.3) is 0 Å². The van der Waals surface area contributed by atoms with E-state index in [2.05, 4.69) is 53.7 Å². The SMILES string of the molecule is CC(C)[C@@H](C)/C=C/[C@@H](C)[C@H]1CC[C@H]2C3=C[C@@H](O)[C@@]4(O)C[C@@H](O)CC[C@]4(C)[C@H]3CC[C@]12C. The minimum Gasteiger partial charge on any atom is -0.393 e. The quantitative estimate of drug-likeness (QED) is 0.516. The third-order valence-corrected chi connectivity index (χ3v) is 10.7. The molecule has 4 aliphatic carbocycles. The van der Waals surface area contributed by atoms with Crippen LogP contribution in [0.3, 0.4) is 0 Å². The maximum atomic E-state index is 11.6. The van der Waals surface area contributed by atoms with Crippen molar-refractivity contribution in [1.82, 2.24) is 0 Å². The van der Waals surface area contributed by atoms with E-state index in [0.717, 1.165) is 19.3 Å². The second-order valence-corrected chi connectivity index (χ2v) is 12.5. The first kappa shape index (κ1) is 23.5. The number of fused-ring (bicyclic) bond motifs is 5. The van der Waals surface area contributed by atoms with Crippen LogP contribution in [0.15, 0.2) is 23.8 Å². The molecular formula is C28H46O3. The number of allylic oxidation sites excluding steroid dienone is 3. The first-order valence-electron chi connectivity index (χ1n) is 12.9. The standard InChI is InChI=1S/C28H46O3/c1-17(2)18(3)7-8-19(4)22-9-10-23-21-15-25(30)28(31)16-20(29)11-14-27(28,6)24(21)12-13-26(22,23)5/h7-8,15,17-20,22-25,29-31H,9-14,16H2,1-6H3/b8-7+/t18-,19+,20-,22+,23-,24-,25+,26+,27+,28-/m0/s1. The molecule has 0 bridgehead atoms. The van der Waals surface area contributed by atoms with Crippen molar-refractivity contribution in [1.29, 1.82) is 0 Å². The molecule has 31 heavy (non-hydrogen) atoms. The van der Waals surface area contributed by atoms with Crippen molar-refractivity contribution in [2.45, 2.75) is 104 Å². The molecule has 3 fully saturated rings. The fourth-order valence-corrected chi connectivity index (χ4v) is 8.16. The number of aliphatic hydroxyl groups is 3. The van der Waals surface area contributed by atoms with Gasteiger partial charge in [0.1, 0.15) is 11.7 Å². The van der Waals surface area contributed by atoms with Gasteiger partial charge < -0.3 is 15.3 Å². The fraction of sp³-hybridized carbons (Fsp3) is 0.857. The first-order valence-corrected chi connectivity index (χ1v) is 12.9. The molecule has 10 atom stereocenters. The molecule has 4 rings (SSSR count). The second-order valence-electron chi connectivity index (χ2n) is 12.5. The first-order chi connectivity index (χ1) is 14.4. The van der Waals surface area contributed by atoms with Gasteiger partial charge in [0.05, 0.1) is 6.10 Å². The van der Waals surface area contributed by atoms with Crippen molar-refractivity contribution in [2.75, 3.05) is 0 Å². The molecule has 3 nitrogen and oxygen atoms in total.